The van der Waals surface area contributed by atoms with Gasteiger partial charge in [-0.15, -0.1) is 0 Å². The zero-order chi connectivity index (χ0) is 57.5. The van der Waals surface area contributed by atoms with E-state index in [0.717, 1.165) is 6.92 Å². The number of aliphatic imine (C=N–C) groups is 2. The van der Waals surface area contributed by atoms with Crippen LogP contribution in [-0.4, -0.2) is 203 Å². The molecule has 11 amide bonds. The largest absolute Gasteiger partial charge is 0.480 e. The van der Waals surface area contributed by atoms with Gasteiger partial charge in [0.15, 0.2) is 11.9 Å². The van der Waals surface area contributed by atoms with Crippen molar-refractivity contribution in [3.05, 3.63) is 0 Å². The van der Waals surface area contributed by atoms with Crippen LogP contribution in [0.5, 0.6) is 0 Å². The molecule has 0 aromatic rings. The number of aliphatic hydroxyl groups is 2. The highest BCUT2D eigenvalue weighted by Crippen LogP contribution is 2.07. The van der Waals surface area contributed by atoms with E-state index in [4.69, 9.17) is 39.5 Å². The van der Waals surface area contributed by atoms with Crippen molar-refractivity contribution in [2.24, 2.45) is 50.3 Å². The molecular weight excluding hydrogens is 1040 g/mol. The zero-order valence-corrected chi connectivity index (χ0v) is 43.2. The summed E-state index contributed by atoms with van der Waals surface area (Å²) in [4.78, 5) is 161. The number of carbonyl (C=O) groups is 12. The molecule has 0 spiro atoms. The number of guanidine groups is 2. The first-order valence-corrected chi connectivity index (χ1v) is 24.2. The summed E-state index contributed by atoms with van der Waals surface area (Å²) in [6.45, 7) is 0.766. The van der Waals surface area contributed by atoms with Crippen molar-refractivity contribution >= 4 is 108 Å². The lowest BCUT2D eigenvalue weighted by Gasteiger charge is -2.27. The number of aliphatic hydroxyl groups excluding tert-OH is 2. The summed E-state index contributed by atoms with van der Waals surface area (Å²) in [6, 6.07) is -12.0. The molecule has 0 unspecified atom stereocenters. The van der Waals surface area contributed by atoms with E-state index >= 15 is 0 Å². The van der Waals surface area contributed by atoms with E-state index < -0.39 is 170 Å². The number of nitrogens with one attached hydrogen (secondary N) is 10. The van der Waals surface area contributed by atoms with Gasteiger partial charge in [-0.1, -0.05) is 13.8 Å². The Morgan fingerprint density at radius 2 is 0.933 bits per heavy atom. The Bertz CT molecular complexity index is 2060. The number of hydrogen-bond acceptors (Lipinski definition) is 19. The standard InChI is InChI=1S/C40H72N18O15S2/c1-17(2)29(37(72)51-13-28(64)65)57-35(70)21(7-5-9-48-40(45)46)53-27(63)12-50-33(68)23(14-59)55-38(73)30(18(3)60)58-36(71)24(16-75)56-34(69)20(6-4-8-47-39(43)44)52-26(62)11-49-32(67)22(10-25(42)61)54-31(66)19(41)15-74/h17-24,29-30,59-60,74-75H,4-16,41H2,1-3H3,(H2,42,61)(H,49,67)(H,50,68)(H,51,72)(H,52,62)(H,53,63)(H,54,66)(H,55,73)(H,56,69)(H,57,70)(H,58,71)(H,64,65)(H4,43,44,47)(H4,45,46,48)/t18-,19+,20+,21+,22+,23+,24+,29+,30+/m1/s1. The minimum absolute atomic E-state index is 0.0214. The number of carboxylic acid groups (broad SMARTS) is 1. The molecule has 0 aromatic carbocycles. The summed E-state index contributed by atoms with van der Waals surface area (Å²) in [6.07, 6.45) is -2.41. The Labute approximate surface area is 441 Å². The maximum Gasteiger partial charge on any atom is 0.322 e. The van der Waals surface area contributed by atoms with Gasteiger partial charge in [0.1, 0.15) is 48.8 Å². The molecule has 35 heteroatoms. The molecule has 9 atom stereocenters. The molecule has 0 aliphatic heterocycles. The molecule has 424 valence electrons. The third-order valence-electron chi connectivity index (χ3n) is 9.97. The van der Waals surface area contributed by atoms with E-state index in [9.17, 15) is 67.7 Å². The number of carboxylic acids is 1. The number of amides is 11. The number of carbonyl (C=O) groups excluding carboxylic acids is 11. The Morgan fingerprint density at radius 3 is 1.35 bits per heavy atom. The number of aliphatic carboxylic acids is 1. The fraction of sp³-hybridized carbons (Fsp3) is 0.650. The summed E-state index contributed by atoms with van der Waals surface area (Å²) in [5.41, 5.74) is 32.2. The predicted molar refractivity (Wildman–Crippen MR) is 273 cm³/mol. The molecule has 25 N–H and O–H groups in total. The average Bonchev–Trinajstić information content (AvgIpc) is 3.33. The highest BCUT2D eigenvalue weighted by atomic mass is 32.1. The fourth-order valence-corrected chi connectivity index (χ4v) is 6.45. The third-order valence-corrected chi connectivity index (χ3v) is 10.7. The smallest absolute Gasteiger partial charge is 0.322 e. The molecule has 0 aliphatic carbocycles. The molecule has 0 rings (SSSR count). The van der Waals surface area contributed by atoms with Crippen molar-refractivity contribution < 1.29 is 72.9 Å². The molecular formula is C40H72N18O15S2. The second kappa shape index (κ2) is 35.8. The van der Waals surface area contributed by atoms with Crippen molar-refractivity contribution in [3.8, 4) is 0 Å². The first kappa shape index (κ1) is 67.8. The summed E-state index contributed by atoms with van der Waals surface area (Å²) >= 11 is 8.00. The van der Waals surface area contributed by atoms with Gasteiger partial charge in [0.25, 0.3) is 0 Å². The van der Waals surface area contributed by atoms with Crippen molar-refractivity contribution in [2.75, 3.05) is 50.8 Å². The highest BCUT2D eigenvalue weighted by Gasteiger charge is 2.34. The van der Waals surface area contributed by atoms with Crippen molar-refractivity contribution in [2.45, 2.75) is 107 Å². The molecule has 0 aliphatic rings. The average molecular weight is 1110 g/mol. The third kappa shape index (κ3) is 28.1. The number of nitrogens with zero attached hydrogens (tertiary/aromatic N) is 2. The number of thiol groups is 2. The van der Waals surface area contributed by atoms with Gasteiger partial charge in [-0.05, 0) is 38.5 Å². The van der Waals surface area contributed by atoms with Gasteiger partial charge in [0.05, 0.1) is 38.3 Å². The normalized spacial score (nSPS) is 14.4. The van der Waals surface area contributed by atoms with Crippen LogP contribution in [0, 0.1) is 5.92 Å². The van der Waals surface area contributed by atoms with Crippen molar-refractivity contribution in [1.29, 1.82) is 0 Å². The van der Waals surface area contributed by atoms with Gasteiger partial charge >= 0.3 is 5.97 Å². The van der Waals surface area contributed by atoms with Gasteiger partial charge in [-0.3, -0.25) is 67.5 Å². The van der Waals surface area contributed by atoms with E-state index in [2.05, 4.69) is 88.4 Å². The van der Waals surface area contributed by atoms with E-state index in [1.807, 2.05) is 0 Å². The van der Waals surface area contributed by atoms with Crippen LogP contribution in [0.25, 0.3) is 0 Å². The predicted octanol–water partition coefficient (Wildman–Crippen LogP) is -11.0. The van der Waals surface area contributed by atoms with E-state index in [-0.39, 0.29) is 56.4 Å². The van der Waals surface area contributed by atoms with Gasteiger partial charge in [-0.25, -0.2) is 0 Å². The molecule has 0 saturated heterocycles. The number of primary amides is 1. The minimum Gasteiger partial charge on any atom is -0.480 e. The second-order valence-electron chi connectivity index (χ2n) is 16.7. The Kier molecular flexibility index (Phi) is 32.4. The van der Waals surface area contributed by atoms with E-state index in [1.165, 1.54) is 0 Å². The monoisotopic (exact) mass is 1110 g/mol. The SMILES string of the molecule is CC(C)[C@H](NC(=O)[C@H](CCCN=C(N)N)NC(=O)CNC(=O)[C@H](CO)NC(=O)[C@@H](NC(=O)[C@H](CS)NC(=O)[C@H](CCCN=C(N)N)NC(=O)CNC(=O)[C@H](CC(N)=O)NC(=O)[C@@H](N)CS)[C@@H](C)O)C(=O)NCC(=O)O. The summed E-state index contributed by atoms with van der Waals surface area (Å²) in [5.74, 6) is -13.9. The van der Waals surface area contributed by atoms with Crippen LogP contribution in [0.15, 0.2) is 9.98 Å². The molecule has 0 saturated carbocycles. The highest BCUT2D eigenvalue weighted by molar-refractivity contribution is 7.80. The van der Waals surface area contributed by atoms with E-state index in [1.54, 1.807) is 13.8 Å². The molecule has 0 radical (unpaired) electrons. The van der Waals surface area contributed by atoms with Crippen LogP contribution in [0.1, 0.15) is 52.9 Å². The molecule has 0 heterocycles. The zero-order valence-electron chi connectivity index (χ0n) is 41.5. The van der Waals surface area contributed by atoms with Crippen LogP contribution in [0.4, 0.5) is 0 Å². The lowest BCUT2D eigenvalue weighted by atomic mass is 10.0. The first-order chi connectivity index (χ1) is 35.1. The van der Waals surface area contributed by atoms with Crippen LogP contribution in [-0.2, 0) is 57.5 Å². The van der Waals surface area contributed by atoms with Crippen LogP contribution in [0.2, 0.25) is 0 Å². The van der Waals surface area contributed by atoms with Gasteiger partial charge in [-0.2, -0.15) is 25.3 Å². The summed E-state index contributed by atoms with van der Waals surface area (Å²) in [5, 5.41) is 52.1. The maximum absolute atomic E-state index is 13.6. The summed E-state index contributed by atoms with van der Waals surface area (Å²) in [7, 11) is 0. The Balaban J connectivity index is 6.00. The quantitative estimate of drug-likeness (QED) is 0.0120. The molecule has 75 heavy (non-hydrogen) atoms. The van der Waals surface area contributed by atoms with Crippen molar-refractivity contribution in [1.82, 2.24) is 53.2 Å². The Hall–Kier alpha value is -7.24. The number of rotatable bonds is 36. The lowest BCUT2D eigenvalue weighted by Crippen LogP contribution is -2.61. The van der Waals surface area contributed by atoms with Crippen molar-refractivity contribution in [3.63, 3.8) is 0 Å². The van der Waals surface area contributed by atoms with Gasteiger partial charge in [0.2, 0.25) is 65.0 Å². The van der Waals surface area contributed by atoms with Gasteiger partial charge in [0, 0.05) is 24.6 Å². The maximum atomic E-state index is 13.6. The van der Waals surface area contributed by atoms with Crippen LogP contribution < -0.4 is 87.6 Å². The van der Waals surface area contributed by atoms with Gasteiger partial charge < -0.3 is 103 Å². The summed E-state index contributed by atoms with van der Waals surface area (Å²) < 4.78 is 0. The molecule has 33 nitrogen and oxygen atoms in total. The van der Waals surface area contributed by atoms with Crippen LogP contribution in [0.3, 0.4) is 0 Å². The molecule has 0 fully saturated rings. The minimum atomic E-state index is -1.86. The van der Waals surface area contributed by atoms with E-state index in [0.29, 0.717) is 0 Å². The lowest BCUT2D eigenvalue weighted by molar-refractivity contribution is -0.139. The topological polar surface area (TPSA) is 567 Å². The molecule has 0 bridgehead atoms. The van der Waals surface area contributed by atoms with Crippen LogP contribution >= 0.6 is 25.3 Å². The second-order valence-corrected chi connectivity index (χ2v) is 17.4. The number of hydrogen-bond donors (Lipinski definition) is 21. The Morgan fingerprint density at radius 1 is 0.507 bits per heavy atom. The first-order valence-electron chi connectivity index (χ1n) is 22.9. The fourth-order valence-electron chi connectivity index (χ4n) is 6.03. The molecule has 0 aromatic heterocycles. The number of nitrogens with two attached hydrogens (primary N) is 6.